The van der Waals surface area contributed by atoms with E-state index in [1.54, 1.807) is 25.1 Å². The lowest BCUT2D eigenvalue weighted by Crippen LogP contribution is -2.26. The first-order valence-corrected chi connectivity index (χ1v) is 5.74. The maximum absolute atomic E-state index is 11.4. The molecule has 5 nitrogen and oxygen atoms in total. The van der Waals surface area contributed by atoms with Crippen LogP contribution >= 0.6 is 0 Å². The van der Waals surface area contributed by atoms with E-state index in [0.29, 0.717) is 6.54 Å². The van der Waals surface area contributed by atoms with Gasteiger partial charge >= 0.3 is 16.2 Å². The van der Waals surface area contributed by atoms with Crippen LogP contribution in [0.15, 0.2) is 35.2 Å². The molecule has 0 saturated carbocycles. The summed E-state index contributed by atoms with van der Waals surface area (Å²) < 4.78 is 27.2. The average Bonchev–Trinajstić information content (AvgIpc) is 2.18. The zero-order valence-electron chi connectivity index (χ0n) is 8.14. The number of hydrogen-bond acceptors (Lipinski definition) is 4. The van der Waals surface area contributed by atoms with Gasteiger partial charge in [0.2, 0.25) is 0 Å². The first-order valence-electron chi connectivity index (χ1n) is 4.33. The molecule has 0 heterocycles. The summed E-state index contributed by atoms with van der Waals surface area (Å²) >= 11 is 0. The van der Waals surface area contributed by atoms with Gasteiger partial charge in [-0.25, -0.2) is 4.79 Å². The summed E-state index contributed by atoms with van der Waals surface area (Å²) in [4.78, 5) is 10.9. The third-order valence-electron chi connectivity index (χ3n) is 1.54. The van der Waals surface area contributed by atoms with Crippen LogP contribution in [0.2, 0.25) is 0 Å². The Kier molecular flexibility index (Phi) is 3.68. The summed E-state index contributed by atoms with van der Waals surface area (Å²) in [6, 6.07) is 7.48. The summed E-state index contributed by atoms with van der Waals surface area (Å²) in [6.07, 6.45) is -0.971. The van der Waals surface area contributed by atoms with E-state index in [4.69, 9.17) is 0 Å². The van der Waals surface area contributed by atoms with Crippen molar-refractivity contribution in [2.24, 2.45) is 0 Å². The van der Waals surface area contributed by atoms with E-state index in [1.165, 1.54) is 12.1 Å². The molecule has 0 aliphatic rings. The van der Waals surface area contributed by atoms with E-state index in [-0.39, 0.29) is 4.90 Å². The fourth-order valence-corrected chi connectivity index (χ4v) is 1.75. The van der Waals surface area contributed by atoms with Gasteiger partial charge in [-0.05, 0) is 19.1 Å². The monoisotopic (exact) mass is 229 g/mol. The molecule has 0 fully saturated rings. The fourth-order valence-electron chi connectivity index (χ4n) is 0.909. The second-order valence-corrected chi connectivity index (χ2v) is 4.21. The standard InChI is InChI=1S/C9H11NO4S/c1-2-10-9(11)14-15(12,13)8-6-4-3-5-7-8/h3-7H,2H2,1H3,(H,10,11). The van der Waals surface area contributed by atoms with Gasteiger partial charge in [0.05, 0.1) is 0 Å². The molecule has 0 aliphatic heterocycles. The third-order valence-corrected chi connectivity index (χ3v) is 2.76. The Balaban J connectivity index is 2.81. The van der Waals surface area contributed by atoms with Gasteiger partial charge in [-0.2, -0.15) is 8.42 Å². The minimum atomic E-state index is -3.99. The minimum absolute atomic E-state index is 0.0451. The lowest BCUT2D eigenvalue weighted by molar-refractivity contribution is 0.203. The highest BCUT2D eigenvalue weighted by Crippen LogP contribution is 2.10. The fraction of sp³-hybridized carbons (Fsp3) is 0.222. The van der Waals surface area contributed by atoms with Gasteiger partial charge in [0.25, 0.3) is 0 Å². The van der Waals surface area contributed by atoms with Crippen molar-refractivity contribution in [1.82, 2.24) is 5.32 Å². The molecule has 1 N–H and O–H groups in total. The second-order valence-electron chi connectivity index (χ2n) is 2.67. The molecule has 1 aromatic carbocycles. The Bertz CT molecular complexity index is 427. The number of amides is 1. The van der Waals surface area contributed by atoms with Gasteiger partial charge in [-0.1, -0.05) is 18.2 Å². The van der Waals surface area contributed by atoms with Crippen molar-refractivity contribution >= 4 is 16.2 Å². The van der Waals surface area contributed by atoms with Crippen molar-refractivity contribution in [3.8, 4) is 0 Å². The van der Waals surface area contributed by atoms with Crippen LogP contribution in [-0.4, -0.2) is 21.1 Å². The number of hydrogen-bond donors (Lipinski definition) is 1. The van der Waals surface area contributed by atoms with Crippen LogP contribution < -0.4 is 5.32 Å². The Morgan fingerprint density at radius 3 is 2.47 bits per heavy atom. The van der Waals surface area contributed by atoms with Gasteiger partial charge < -0.3 is 9.50 Å². The molecule has 0 radical (unpaired) electrons. The van der Waals surface area contributed by atoms with Crippen molar-refractivity contribution in [1.29, 1.82) is 0 Å². The molecular weight excluding hydrogens is 218 g/mol. The van der Waals surface area contributed by atoms with Crippen molar-refractivity contribution < 1.29 is 17.4 Å². The van der Waals surface area contributed by atoms with Gasteiger partial charge in [0, 0.05) is 6.54 Å². The smallest absolute Gasteiger partial charge is 0.324 e. The van der Waals surface area contributed by atoms with Crippen LogP contribution in [0.5, 0.6) is 0 Å². The van der Waals surface area contributed by atoms with Gasteiger partial charge in [0.1, 0.15) is 4.90 Å². The molecule has 0 saturated heterocycles. The highest BCUT2D eigenvalue weighted by molar-refractivity contribution is 7.87. The number of carbonyl (C=O) groups is 1. The van der Waals surface area contributed by atoms with E-state index in [0.717, 1.165) is 0 Å². The highest BCUT2D eigenvalue weighted by atomic mass is 32.2. The highest BCUT2D eigenvalue weighted by Gasteiger charge is 2.18. The normalized spacial score (nSPS) is 10.7. The summed E-state index contributed by atoms with van der Waals surface area (Å²) in [6.45, 7) is 1.97. The number of benzene rings is 1. The maximum atomic E-state index is 11.4. The summed E-state index contributed by atoms with van der Waals surface area (Å²) in [5.74, 6) is 0. The zero-order chi connectivity index (χ0) is 11.3. The van der Waals surface area contributed by atoms with Gasteiger partial charge in [-0.3, -0.25) is 0 Å². The Labute approximate surface area is 88.2 Å². The van der Waals surface area contributed by atoms with Crippen LogP contribution in [0.3, 0.4) is 0 Å². The molecule has 0 aliphatic carbocycles. The summed E-state index contributed by atoms with van der Waals surface area (Å²) in [5, 5.41) is 2.23. The average molecular weight is 229 g/mol. The largest absolute Gasteiger partial charge is 0.423 e. The quantitative estimate of drug-likeness (QED) is 0.788. The van der Waals surface area contributed by atoms with Crippen molar-refractivity contribution in [2.45, 2.75) is 11.8 Å². The first-order chi connectivity index (χ1) is 7.06. The predicted molar refractivity (Wildman–Crippen MR) is 53.8 cm³/mol. The van der Waals surface area contributed by atoms with Gasteiger partial charge in [0.15, 0.2) is 0 Å². The van der Waals surface area contributed by atoms with Crippen LogP contribution in [0.25, 0.3) is 0 Å². The molecule has 6 heteroatoms. The van der Waals surface area contributed by atoms with Crippen molar-refractivity contribution in [2.75, 3.05) is 6.54 Å². The van der Waals surface area contributed by atoms with Crippen LogP contribution in [-0.2, 0) is 14.3 Å². The van der Waals surface area contributed by atoms with Crippen molar-refractivity contribution in [3.05, 3.63) is 30.3 Å². The molecule has 0 bridgehead atoms. The zero-order valence-corrected chi connectivity index (χ0v) is 8.95. The molecule has 1 amide bonds. The second kappa shape index (κ2) is 4.79. The molecular formula is C9H11NO4S. The maximum Gasteiger partial charge on any atom is 0.423 e. The number of carbonyl (C=O) groups excluding carboxylic acids is 1. The number of rotatable bonds is 3. The summed E-state index contributed by atoms with van der Waals surface area (Å²) in [5.41, 5.74) is 0. The minimum Gasteiger partial charge on any atom is -0.324 e. The van der Waals surface area contributed by atoms with E-state index >= 15 is 0 Å². The number of nitrogens with one attached hydrogen (secondary N) is 1. The predicted octanol–water partition coefficient (Wildman–Crippen LogP) is 1.12. The van der Waals surface area contributed by atoms with Crippen LogP contribution in [0.1, 0.15) is 6.92 Å². The Morgan fingerprint density at radius 1 is 1.33 bits per heavy atom. The van der Waals surface area contributed by atoms with Gasteiger partial charge in [-0.15, -0.1) is 0 Å². The molecule has 0 atom stereocenters. The van der Waals surface area contributed by atoms with Crippen LogP contribution in [0, 0.1) is 0 Å². The van der Waals surface area contributed by atoms with E-state index in [2.05, 4.69) is 9.50 Å². The Hall–Kier alpha value is -1.56. The SMILES string of the molecule is CCNC(=O)OS(=O)(=O)c1ccccc1. The molecule has 0 aromatic heterocycles. The lowest BCUT2D eigenvalue weighted by Gasteiger charge is -2.05. The van der Waals surface area contributed by atoms with E-state index in [1.807, 2.05) is 0 Å². The molecule has 1 aromatic rings. The van der Waals surface area contributed by atoms with Crippen molar-refractivity contribution in [3.63, 3.8) is 0 Å². The Morgan fingerprint density at radius 2 is 1.93 bits per heavy atom. The lowest BCUT2D eigenvalue weighted by atomic mass is 10.4. The molecule has 0 spiro atoms. The molecule has 82 valence electrons. The molecule has 0 unspecified atom stereocenters. The first kappa shape index (κ1) is 11.5. The van der Waals surface area contributed by atoms with Crippen LogP contribution in [0.4, 0.5) is 4.79 Å². The third kappa shape index (κ3) is 3.25. The van der Waals surface area contributed by atoms with E-state index in [9.17, 15) is 13.2 Å². The summed E-state index contributed by atoms with van der Waals surface area (Å²) in [7, 11) is -3.99. The molecule has 15 heavy (non-hydrogen) atoms. The topological polar surface area (TPSA) is 72.5 Å². The molecule has 1 rings (SSSR count). The van der Waals surface area contributed by atoms with E-state index < -0.39 is 16.2 Å².